The zero-order valence-corrected chi connectivity index (χ0v) is 18.0. The van der Waals surface area contributed by atoms with Crippen LogP contribution >= 0.6 is 24.0 Å². The molecule has 7 nitrogen and oxygen atoms in total. The van der Waals surface area contributed by atoms with E-state index in [0.717, 1.165) is 22.3 Å². The molecule has 148 valence electrons. The van der Waals surface area contributed by atoms with E-state index in [0.29, 0.717) is 19.0 Å². The van der Waals surface area contributed by atoms with Crippen molar-refractivity contribution in [1.82, 2.24) is 10.6 Å². The first-order valence-electron chi connectivity index (χ1n) is 8.83. The number of hydrogen-bond donors (Lipinski definition) is 2. The van der Waals surface area contributed by atoms with Gasteiger partial charge in [0.2, 0.25) is 0 Å². The quantitative estimate of drug-likeness (QED) is 0.169. The molecule has 0 aliphatic rings. The molecule has 2 N–H and O–H groups in total. The molecule has 2 aromatic carbocycles. The molecule has 0 aliphatic carbocycles. The SMILES string of the molecule is CCNC(=NCc1cccc([N+](=O)[O-])c1)NC(C)c1cc2ccccc2o1.I. The smallest absolute Gasteiger partial charge is 0.269 e. The molecular weight excluding hydrogens is 471 g/mol. The molecule has 28 heavy (non-hydrogen) atoms. The van der Waals surface area contributed by atoms with Gasteiger partial charge in [-0.25, -0.2) is 4.99 Å². The first-order chi connectivity index (χ1) is 13.1. The van der Waals surface area contributed by atoms with Crippen molar-refractivity contribution >= 4 is 46.6 Å². The monoisotopic (exact) mass is 494 g/mol. The number of rotatable bonds is 6. The predicted molar refractivity (Wildman–Crippen MR) is 121 cm³/mol. The number of benzene rings is 2. The summed E-state index contributed by atoms with van der Waals surface area (Å²) in [7, 11) is 0. The third-order valence-corrected chi connectivity index (χ3v) is 4.11. The Labute approximate surface area is 180 Å². The summed E-state index contributed by atoms with van der Waals surface area (Å²) in [6, 6.07) is 16.3. The Hall–Kier alpha value is -2.62. The lowest BCUT2D eigenvalue weighted by Crippen LogP contribution is -2.38. The van der Waals surface area contributed by atoms with Crippen LogP contribution in [0.25, 0.3) is 11.0 Å². The van der Waals surface area contributed by atoms with Crippen molar-refractivity contribution in [3.8, 4) is 0 Å². The van der Waals surface area contributed by atoms with Crippen LogP contribution in [-0.4, -0.2) is 17.4 Å². The van der Waals surface area contributed by atoms with E-state index in [2.05, 4.69) is 15.6 Å². The van der Waals surface area contributed by atoms with Crippen LogP contribution in [0.2, 0.25) is 0 Å². The number of hydrogen-bond acceptors (Lipinski definition) is 4. The highest BCUT2D eigenvalue weighted by molar-refractivity contribution is 14.0. The van der Waals surface area contributed by atoms with E-state index in [1.165, 1.54) is 12.1 Å². The van der Waals surface area contributed by atoms with Crippen LogP contribution in [-0.2, 0) is 6.54 Å². The number of non-ortho nitro benzene ring substituents is 1. The number of halogens is 1. The Morgan fingerprint density at radius 1 is 1.21 bits per heavy atom. The summed E-state index contributed by atoms with van der Waals surface area (Å²) in [5, 5.41) is 18.5. The second kappa shape index (κ2) is 10.1. The number of nitrogens with zero attached hydrogens (tertiary/aromatic N) is 2. The highest BCUT2D eigenvalue weighted by Gasteiger charge is 2.13. The van der Waals surface area contributed by atoms with Crippen LogP contribution in [0.3, 0.4) is 0 Å². The van der Waals surface area contributed by atoms with Crippen LogP contribution in [0.4, 0.5) is 5.69 Å². The van der Waals surface area contributed by atoms with Gasteiger partial charge >= 0.3 is 0 Å². The maximum Gasteiger partial charge on any atom is 0.269 e. The van der Waals surface area contributed by atoms with Crippen molar-refractivity contribution in [2.24, 2.45) is 4.99 Å². The summed E-state index contributed by atoms with van der Waals surface area (Å²) in [4.78, 5) is 15.0. The van der Waals surface area contributed by atoms with E-state index in [4.69, 9.17) is 4.42 Å². The van der Waals surface area contributed by atoms with Gasteiger partial charge in [-0.3, -0.25) is 10.1 Å². The fraction of sp³-hybridized carbons (Fsp3) is 0.250. The highest BCUT2D eigenvalue weighted by Crippen LogP contribution is 2.23. The molecular formula is C20H23IN4O3. The minimum atomic E-state index is -0.402. The van der Waals surface area contributed by atoms with Gasteiger partial charge in [0.05, 0.1) is 17.5 Å². The van der Waals surface area contributed by atoms with Gasteiger partial charge in [0.25, 0.3) is 5.69 Å². The topological polar surface area (TPSA) is 92.7 Å². The van der Waals surface area contributed by atoms with E-state index in [-0.39, 0.29) is 35.7 Å². The summed E-state index contributed by atoms with van der Waals surface area (Å²) in [5.74, 6) is 1.44. The molecule has 0 radical (unpaired) electrons. The predicted octanol–water partition coefficient (Wildman–Crippen LogP) is 4.78. The first kappa shape index (κ1) is 21.7. The summed E-state index contributed by atoms with van der Waals surface area (Å²) in [6.45, 7) is 5.02. The van der Waals surface area contributed by atoms with Crippen molar-refractivity contribution in [2.75, 3.05) is 6.54 Å². The van der Waals surface area contributed by atoms with Crippen LogP contribution in [0, 0.1) is 10.1 Å². The van der Waals surface area contributed by atoms with E-state index >= 15 is 0 Å². The average Bonchev–Trinajstić information content (AvgIpc) is 3.11. The van der Waals surface area contributed by atoms with Gasteiger partial charge in [-0.15, -0.1) is 24.0 Å². The van der Waals surface area contributed by atoms with E-state index < -0.39 is 4.92 Å². The molecule has 3 rings (SSSR count). The Morgan fingerprint density at radius 3 is 2.71 bits per heavy atom. The normalized spacial score (nSPS) is 12.3. The molecule has 0 aliphatic heterocycles. The lowest BCUT2D eigenvalue weighted by atomic mass is 10.2. The Bertz CT molecular complexity index is 938. The van der Waals surface area contributed by atoms with Gasteiger partial charge in [-0.2, -0.15) is 0 Å². The number of nitro benzene ring substituents is 1. The Kier molecular flexibility index (Phi) is 7.80. The van der Waals surface area contributed by atoms with Gasteiger partial charge < -0.3 is 15.1 Å². The van der Waals surface area contributed by atoms with Gasteiger partial charge in [-0.05, 0) is 31.5 Å². The molecule has 0 saturated carbocycles. The molecule has 1 aromatic heterocycles. The van der Waals surface area contributed by atoms with Crippen molar-refractivity contribution in [3.63, 3.8) is 0 Å². The molecule has 0 saturated heterocycles. The number of furan rings is 1. The van der Waals surface area contributed by atoms with Crippen molar-refractivity contribution in [3.05, 3.63) is 76.0 Å². The number of fused-ring (bicyclic) bond motifs is 1. The first-order valence-corrected chi connectivity index (χ1v) is 8.83. The van der Waals surface area contributed by atoms with E-state index in [9.17, 15) is 10.1 Å². The lowest BCUT2D eigenvalue weighted by molar-refractivity contribution is -0.384. The van der Waals surface area contributed by atoms with Crippen molar-refractivity contribution in [1.29, 1.82) is 0 Å². The molecule has 0 fully saturated rings. The largest absolute Gasteiger partial charge is 0.459 e. The second-order valence-electron chi connectivity index (χ2n) is 6.17. The Morgan fingerprint density at radius 2 is 2.00 bits per heavy atom. The van der Waals surface area contributed by atoms with Crippen molar-refractivity contribution < 1.29 is 9.34 Å². The zero-order valence-electron chi connectivity index (χ0n) is 15.7. The number of aliphatic imine (C=N–C) groups is 1. The summed E-state index contributed by atoms with van der Waals surface area (Å²) < 4.78 is 5.89. The molecule has 0 bridgehead atoms. The average molecular weight is 494 g/mol. The van der Waals surface area contributed by atoms with Gasteiger partial charge in [0.1, 0.15) is 11.3 Å². The summed E-state index contributed by atoms with van der Waals surface area (Å²) in [6.07, 6.45) is 0. The third-order valence-electron chi connectivity index (χ3n) is 4.11. The van der Waals surface area contributed by atoms with Gasteiger partial charge in [-0.1, -0.05) is 30.3 Å². The number of nitro groups is 1. The standard InChI is InChI=1S/C20H22N4O3.HI/c1-3-21-20(22-13-15-7-6-9-17(11-15)24(25)26)23-14(2)19-12-16-8-4-5-10-18(16)27-19;/h4-12,14H,3,13H2,1-2H3,(H2,21,22,23);1H. The summed E-state index contributed by atoms with van der Waals surface area (Å²) in [5.41, 5.74) is 1.69. The highest BCUT2D eigenvalue weighted by atomic mass is 127. The molecule has 1 heterocycles. The molecule has 0 spiro atoms. The molecule has 1 atom stereocenters. The number of para-hydroxylation sites is 1. The van der Waals surface area contributed by atoms with Gasteiger partial charge in [0, 0.05) is 24.1 Å². The van der Waals surface area contributed by atoms with E-state index in [1.54, 1.807) is 6.07 Å². The van der Waals surface area contributed by atoms with Gasteiger partial charge in [0.15, 0.2) is 5.96 Å². The zero-order chi connectivity index (χ0) is 19.2. The molecule has 1 unspecified atom stereocenters. The fourth-order valence-electron chi connectivity index (χ4n) is 2.75. The maximum atomic E-state index is 10.9. The molecule has 3 aromatic rings. The molecule has 8 heteroatoms. The van der Waals surface area contributed by atoms with Crippen molar-refractivity contribution in [2.45, 2.75) is 26.4 Å². The minimum absolute atomic E-state index is 0. The van der Waals surface area contributed by atoms with Crippen LogP contribution in [0.15, 0.2) is 64.0 Å². The summed E-state index contributed by atoms with van der Waals surface area (Å²) >= 11 is 0. The minimum Gasteiger partial charge on any atom is -0.459 e. The second-order valence-corrected chi connectivity index (χ2v) is 6.17. The van der Waals surface area contributed by atoms with Crippen LogP contribution in [0.5, 0.6) is 0 Å². The maximum absolute atomic E-state index is 10.9. The van der Waals surface area contributed by atoms with Crippen LogP contribution < -0.4 is 10.6 Å². The van der Waals surface area contributed by atoms with E-state index in [1.807, 2.05) is 50.2 Å². The Balaban J connectivity index is 0.00000280. The third kappa shape index (κ3) is 5.44. The fourth-order valence-corrected chi connectivity index (χ4v) is 2.75. The number of guanidine groups is 1. The molecule has 0 amide bonds. The lowest BCUT2D eigenvalue weighted by Gasteiger charge is -2.16. The number of nitrogens with one attached hydrogen (secondary N) is 2. The van der Waals surface area contributed by atoms with Crippen LogP contribution in [0.1, 0.15) is 31.2 Å².